The van der Waals surface area contributed by atoms with Crippen molar-refractivity contribution in [3.05, 3.63) is 51.5 Å². The van der Waals surface area contributed by atoms with Crippen LogP contribution in [0, 0.1) is 6.92 Å². The molecule has 2 N–H and O–H groups in total. The van der Waals surface area contributed by atoms with E-state index in [1.807, 2.05) is 12.3 Å². The van der Waals surface area contributed by atoms with E-state index in [1.54, 1.807) is 18.4 Å². The SMILES string of the molecule is CCNC(=NCc1cccc(COC)c1)NCCc1ncc(C)s1.I. The van der Waals surface area contributed by atoms with E-state index in [0.717, 1.165) is 30.5 Å². The number of methoxy groups -OCH3 is 1. The Kier molecular flexibility index (Phi) is 10.7. The van der Waals surface area contributed by atoms with Gasteiger partial charge in [-0.05, 0) is 25.0 Å². The minimum absolute atomic E-state index is 0. The van der Waals surface area contributed by atoms with Crippen LogP contribution in [-0.2, 0) is 24.3 Å². The molecule has 1 aromatic carbocycles. The highest BCUT2D eigenvalue weighted by Gasteiger charge is 2.01. The van der Waals surface area contributed by atoms with Crippen molar-refractivity contribution in [2.24, 2.45) is 4.99 Å². The van der Waals surface area contributed by atoms with E-state index in [1.165, 1.54) is 16.0 Å². The van der Waals surface area contributed by atoms with Crippen molar-refractivity contribution in [2.45, 2.75) is 33.4 Å². The molecular weight excluding hydrogens is 447 g/mol. The van der Waals surface area contributed by atoms with E-state index in [0.29, 0.717) is 13.2 Å². The number of aromatic nitrogens is 1. The van der Waals surface area contributed by atoms with Gasteiger partial charge in [0.1, 0.15) is 0 Å². The van der Waals surface area contributed by atoms with Crippen LogP contribution in [0.2, 0.25) is 0 Å². The summed E-state index contributed by atoms with van der Waals surface area (Å²) in [7, 11) is 1.71. The summed E-state index contributed by atoms with van der Waals surface area (Å²) in [6, 6.07) is 8.33. The predicted molar refractivity (Wildman–Crippen MR) is 116 cm³/mol. The standard InChI is InChI=1S/C18H26N4OS.HI/c1-4-19-18(20-9-8-17-21-11-14(2)24-17)22-12-15-6-5-7-16(10-15)13-23-3;/h5-7,10-11H,4,8-9,12-13H2,1-3H3,(H2,19,20,22);1H. The summed E-state index contributed by atoms with van der Waals surface area (Å²) in [6.07, 6.45) is 2.83. The minimum atomic E-state index is 0. The van der Waals surface area contributed by atoms with Gasteiger partial charge in [0.05, 0.1) is 18.2 Å². The third-order valence-corrected chi connectivity index (χ3v) is 4.34. The van der Waals surface area contributed by atoms with Crippen molar-refractivity contribution in [2.75, 3.05) is 20.2 Å². The number of benzene rings is 1. The molecule has 0 unspecified atom stereocenters. The molecule has 0 atom stereocenters. The molecule has 2 rings (SSSR count). The lowest BCUT2D eigenvalue weighted by Crippen LogP contribution is -2.38. The summed E-state index contributed by atoms with van der Waals surface area (Å²) in [6.45, 7) is 7.08. The molecule has 0 aliphatic heterocycles. The molecule has 0 radical (unpaired) electrons. The van der Waals surface area contributed by atoms with E-state index in [4.69, 9.17) is 4.74 Å². The number of guanidine groups is 1. The van der Waals surface area contributed by atoms with Crippen LogP contribution in [0.3, 0.4) is 0 Å². The molecule has 0 bridgehead atoms. The molecule has 2 aromatic rings. The molecule has 25 heavy (non-hydrogen) atoms. The number of ether oxygens (including phenoxy) is 1. The van der Waals surface area contributed by atoms with Crippen molar-refractivity contribution in [3.63, 3.8) is 0 Å². The van der Waals surface area contributed by atoms with Crippen LogP contribution in [0.4, 0.5) is 0 Å². The number of hydrogen-bond donors (Lipinski definition) is 2. The van der Waals surface area contributed by atoms with Gasteiger partial charge in [-0.1, -0.05) is 24.3 Å². The topological polar surface area (TPSA) is 58.5 Å². The number of aryl methyl sites for hydroxylation is 1. The lowest BCUT2D eigenvalue weighted by molar-refractivity contribution is 0.185. The minimum Gasteiger partial charge on any atom is -0.380 e. The molecule has 0 saturated carbocycles. The molecular formula is C18H27IN4OS. The second-order valence-corrected chi connectivity index (χ2v) is 6.81. The summed E-state index contributed by atoms with van der Waals surface area (Å²) in [4.78, 5) is 10.3. The van der Waals surface area contributed by atoms with Crippen LogP contribution >= 0.6 is 35.3 Å². The lowest BCUT2D eigenvalue weighted by Gasteiger charge is -2.11. The van der Waals surface area contributed by atoms with E-state index in [2.05, 4.69) is 52.7 Å². The van der Waals surface area contributed by atoms with Gasteiger partial charge in [-0.15, -0.1) is 35.3 Å². The first-order chi connectivity index (χ1) is 11.7. The van der Waals surface area contributed by atoms with Crippen molar-refractivity contribution >= 4 is 41.3 Å². The number of aliphatic imine (C=N–C) groups is 1. The maximum absolute atomic E-state index is 5.18. The fraction of sp³-hybridized carbons (Fsp3) is 0.444. The van der Waals surface area contributed by atoms with Crippen LogP contribution in [0.25, 0.3) is 0 Å². The molecule has 7 heteroatoms. The average Bonchev–Trinajstić information content (AvgIpc) is 2.99. The van der Waals surface area contributed by atoms with E-state index < -0.39 is 0 Å². The first kappa shape index (κ1) is 21.9. The number of nitrogens with one attached hydrogen (secondary N) is 2. The van der Waals surface area contributed by atoms with Crippen molar-refractivity contribution in [1.82, 2.24) is 15.6 Å². The maximum atomic E-state index is 5.18. The van der Waals surface area contributed by atoms with Gasteiger partial charge in [0.25, 0.3) is 0 Å². The second kappa shape index (κ2) is 12.2. The number of nitrogens with zero attached hydrogens (tertiary/aromatic N) is 2. The van der Waals surface area contributed by atoms with E-state index >= 15 is 0 Å². The molecule has 5 nitrogen and oxygen atoms in total. The first-order valence-electron chi connectivity index (χ1n) is 8.21. The summed E-state index contributed by atoms with van der Waals surface area (Å²) >= 11 is 1.75. The van der Waals surface area contributed by atoms with Gasteiger partial charge in [0.15, 0.2) is 5.96 Å². The zero-order valence-electron chi connectivity index (χ0n) is 15.0. The van der Waals surface area contributed by atoms with Gasteiger partial charge in [-0.2, -0.15) is 0 Å². The Bertz CT molecular complexity index is 660. The molecule has 1 aromatic heterocycles. The summed E-state index contributed by atoms with van der Waals surface area (Å²) in [5, 5.41) is 7.81. The van der Waals surface area contributed by atoms with Gasteiger partial charge in [-0.25, -0.2) is 9.98 Å². The summed E-state index contributed by atoms with van der Waals surface area (Å²) in [5.41, 5.74) is 2.35. The Hall–Kier alpha value is -1.19. The molecule has 138 valence electrons. The zero-order chi connectivity index (χ0) is 17.2. The number of rotatable bonds is 8. The quantitative estimate of drug-likeness (QED) is 0.349. The third kappa shape index (κ3) is 8.15. The summed E-state index contributed by atoms with van der Waals surface area (Å²) in [5.74, 6) is 0.836. The van der Waals surface area contributed by atoms with Gasteiger partial charge in [0, 0.05) is 37.7 Å². The fourth-order valence-electron chi connectivity index (χ4n) is 2.30. The predicted octanol–water partition coefficient (Wildman–Crippen LogP) is 3.51. The molecule has 0 amide bonds. The Morgan fingerprint density at radius 3 is 2.76 bits per heavy atom. The highest BCUT2D eigenvalue weighted by atomic mass is 127. The second-order valence-electron chi connectivity index (χ2n) is 5.49. The Morgan fingerprint density at radius 2 is 2.08 bits per heavy atom. The van der Waals surface area contributed by atoms with E-state index in [9.17, 15) is 0 Å². The van der Waals surface area contributed by atoms with Crippen LogP contribution in [0.1, 0.15) is 27.9 Å². The first-order valence-corrected chi connectivity index (χ1v) is 9.03. The monoisotopic (exact) mass is 474 g/mol. The maximum Gasteiger partial charge on any atom is 0.191 e. The largest absolute Gasteiger partial charge is 0.380 e. The van der Waals surface area contributed by atoms with Gasteiger partial charge in [0.2, 0.25) is 0 Å². The van der Waals surface area contributed by atoms with Crippen molar-refractivity contribution < 1.29 is 4.74 Å². The van der Waals surface area contributed by atoms with Gasteiger partial charge >= 0.3 is 0 Å². The smallest absolute Gasteiger partial charge is 0.191 e. The van der Waals surface area contributed by atoms with Gasteiger partial charge < -0.3 is 15.4 Å². The lowest BCUT2D eigenvalue weighted by atomic mass is 10.1. The number of halogens is 1. The molecule has 0 saturated heterocycles. The Labute approximate surface area is 171 Å². The highest BCUT2D eigenvalue weighted by molar-refractivity contribution is 14.0. The normalized spacial score (nSPS) is 11.1. The van der Waals surface area contributed by atoms with Crippen LogP contribution in [0.15, 0.2) is 35.5 Å². The molecule has 1 heterocycles. The number of hydrogen-bond acceptors (Lipinski definition) is 4. The zero-order valence-corrected chi connectivity index (χ0v) is 18.2. The van der Waals surface area contributed by atoms with E-state index in [-0.39, 0.29) is 24.0 Å². The Morgan fingerprint density at radius 1 is 1.28 bits per heavy atom. The Balaban J connectivity index is 0.00000312. The van der Waals surface area contributed by atoms with Gasteiger partial charge in [-0.3, -0.25) is 0 Å². The highest BCUT2D eigenvalue weighted by Crippen LogP contribution is 2.11. The van der Waals surface area contributed by atoms with Crippen molar-refractivity contribution in [3.8, 4) is 0 Å². The molecule has 0 aliphatic carbocycles. The number of thiazole rings is 1. The summed E-state index contributed by atoms with van der Waals surface area (Å²) < 4.78 is 5.18. The van der Waals surface area contributed by atoms with Crippen LogP contribution in [0.5, 0.6) is 0 Å². The molecule has 0 fully saturated rings. The fourth-order valence-corrected chi connectivity index (χ4v) is 3.09. The van der Waals surface area contributed by atoms with Crippen LogP contribution in [-0.4, -0.2) is 31.1 Å². The van der Waals surface area contributed by atoms with Crippen molar-refractivity contribution in [1.29, 1.82) is 0 Å². The van der Waals surface area contributed by atoms with Crippen LogP contribution < -0.4 is 10.6 Å². The molecule has 0 aliphatic rings. The average molecular weight is 474 g/mol. The third-order valence-electron chi connectivity index (χ3n) is 3.37. The molecule has 0 spiro atoms.